The topological polar surface area (TPSA) is 109 Å². The van der Waals surface area contributed by atoms with Crippen molar-refractivity contribution in [3.05, 3.63) is 118 Å². The van der Waals surface area contributed by atoms with E-state index in [1.165, 1.54) is 24.3 Å². The molecule has 0 unspecified atom stereocenters. The van der Waals surface area contributed by atoms with E-state index in [9.17, 15) is 23.9 Å². The van der Waals surface area contributed by atoms with Crippen molar-refractivity contribution in [1.29, 1.82) is 0 Å². The zero-order valence-corrected chi connectivity index (χ0v) is 28.4. The van der Waals surface area contributed by atoms with Crippen LogP contribution in [0, 0.1) is 18.7 Å². The van der Waals surface area contributed by atoms with Crippen molar-refractivity contribution in [1.82, 2.24) is 15.3 Å². The van der Waals surface area contributed by atoms with Crippen molar-refractivity contribution in [2.75, 3.05) is 0 Å². The number of thiophene rings is 1. The molecule has 2 heterocycles. The van der Waals surface area contributed by atoms with Gasteiger partial charge < -0.3 is 10.4 Å². The number of amides is 1. The molecular weight excluding hydrogens is 626 g/mol. The number of nitrogens with zero attached hydrogens (tertiary/aromatic N) is 2. The molecule has 0 saturated carbocycles. The minimum atomic E-state index is -1.15. The molecule has 1 amide bonds. The molecule has 0 fully saturated rings. The van der Waals surface area contributed by atoms with Crippen LogP contribution in [0.25, 0.3) is 33.6 Å². The van der Waals surface area contributed by atoms with Crippen molar-refractivity contribution in [3.63, 3.8) is 0 Å². The number of aryl methyl sites for hydroxylation is 1. The highest BCUT2D eigenvalue weighted by Gasteiger charge is 2.27. The molecule has 7 nitrogen and oxygen atoms in total. The van der Waals surface area contributed by atoms with Gasteiger partial charge >= 0.3 is 5.97 Å². The SMILES string of the molecule is Cc1ccc(-c2ccc(-c3cnc(-c4ccc(C[C@H](CC(=O)c5ccc(C(C)(C)C)s5)C(=O)N[C@H](C)C(=O)O)cc4)nc3)cc2)c(F)c1. The lowest BCUT2D eigenvalue weighted by atomic mass is 9.92. The van der Waals surface area contributed by atoms with E-state index in [2.05, 4.69) is 36.1 Å². The predicted octanol–water partition coefficient (Wildman–Crippen LogP) is 8.31. The Morgan fingerprint density at radius 2 is 1.48 bits per heavy atom. The van der Waals surface area contributed by atoms with E-state index in [1.807, 2.05) is 67.6 Å². The average molecular weight is 664 g/mol. The van der Waals surface area contributed by atoms with Gasteiger partial charge in [-0.05, 0) is 66.1 Å². The number of ketones is 1. The largest absolute Gasteiger partial charge is 0.480 e. The quantitative estimate of drug-likeness (QED) is 0.138. The van der Waals surface area contributed by atoms with Crippen molar-refractivity contribution < 1.29 is 23.9 Å². The third kappa shape index (κ3) is 8.27. The van der Waals surface area contributed by atoms with Gasteiger partial charge in [-0.15, -0.1) is 11.3 Å². The van der Waals surface area contributed by atoms with Gasteiger partial charge in [0.05, 0.1) is 4.88 Å². The van der Waals surface area contributed by atoms with Gasteiger partial charge in [0.1, 0.15) is 11.9 Å². The number of carboxylic acids is 1. The van der Waals surface area contributed by atoms with Crippen LogP contribution >= 0.6 is 11.3 Å². The van der Waals surface area contributed by atoms with Crippen LogP contribution in [-0.4, -0.2) is 38.8 Å². The molecule has 9 heteroatoms. The smallest absolute Gasteiger partial charge is 0.325 e. The van der Waals surface area contributed by atoms with Crippen LogP contribution in [0.5, 0.6) is 0 Å². The Labute approximate surface area is 283 Å². The molecule has 0 aliphatic carbocycles. The summed E-state index contributed by atoms with van der Waals surface area (Å²) < 4.78 is 14.4. The minimum absolute atomic E-state index is 0.0461. The Morgan fingerprint density at radius 3 is 2.06 bits per heavy atom. The highest BCUT2D eigenvalue weighted by molar-refractivity contribution is 7.14. The van der Waals surface area contributed by atoms with Gasteiger partial charge in [-0.1, -0.05) is 81.4 Å². The number of halogens is 1. The minimum Gasteiger partial charge on any atom is -0.480 e. The lowest BCUT2D eigenvalue weighted by Crippen LogP contribution is -2.42. The first kappa shape index (κ1) is 34.3. The maximum atomic E-state index is 14.4. The summed E-state index contributed by atoms with van der Waals surface area (Å²) in [5, 5.41) is 11.9. The summed E-state index contributed by atoms with van der Waals surface area (Å²) in [4.78, 5) is 48.6. The third-order valence-electron chi connectivity index (χ3n) is 8.15. The van der Waals surface area contributed by atoms with Crippen LogP contribution in [-0.2, 0) is 21.4 Å². The third-order valence-corrected chi connectivity index (χ3v) is 9.70. The van der Waals surface area contributed by atoms with E-state index < -0.39 is 23.8 Å². The Hall–Kier alpha value is -5.02. The van der Waals surface area contributed by atoms with Crippen molar-refractivity contribution in [2.24, 2.45) is 5.92 Å². The standard InChI is InChI=1S/C39H38FN3O4S/c1-23-6-15-31(32(40)18-23)27-13-11-26(12-14-27)30-21-41-36(42-22-30)28-9-7-25(8-10-28)19-29(37(45)43-24(2)38(46)47)20-33(44)34-16-17-35(48-34)39(3,4)5/h6-18,21-22,24,29H,19-20H2,1-5H3,(H,43,45)(H,46,47)/t24-,29-/m1/s1. The predicted molar refractivity (Wildman–Crippen MR) is 187 cm³/mol. The van der Waals surface area contributed by atoms with E-state index in [0.29, 0.717) is 16.3 Å². The number of carbonyl (C=O) groups excluding carboxylic acids is 2. The fraction of sp³-hybridized carbons (Fsp3) is 0.256. The number of hydrogen-bond acceptors (Lipinski definition) is 6. The molecule has 5 aromatic rings. The molecule has 0 radical (unpaired) electrons. The first-order valence-electron chi connectivity index (χ1n) is 15.7. The van der Waals surface area contributed by atoms with Crippen LogP contribution in [0.2, 0.25) is 0 Å². The normalized spacial score (nSPS) is 12.7. The zero-order chi connectivity index (χ0) is 34.6. The Morgan fingerprint density at radius 1 is 0.854 bits per heavy atom. The Bertz CT molecular complexity index is 1930. The molecular formula is C39H38FN3O4S. The molecule has 0 aliphatic heterocycles. The van der Waals surface area contributed by atoms with Gasteiger partial charge in [-0.2, -0.15) is 0 Å². The Kier molecular flexibility index (Phi) is 10.3. The van der Waals surface area contributed by atoms with E-state index >= 15 is 0 Å². The van der Waals surface area contributed by atoms with E-state index in [0.717, 1.165) is 38.3 Å². The number of Topliss-reactive ketones (excluding diaryl/α,β-unsaturated/α-hetero) is 1. The second-order valence-corrected chi connectivity index (χ2v) is 14.1. The van der Waals surface area contributed by atoms with Gasteiger partial charge in [-0.3, -0.25) is 14.4 Å². The van der Waals surface area contributed by atoms with E-state index in [4.69, 9.17) is 0 Å². The molecule has 3 aromatic carbocycles. The number of carboxylic acid groups (broad SMARTS) is 1. The number of hydrogen-bond donors (Lipinski definition) is 2. The van der Waals surface area contributed by atoms with Crippen LogP contribution in [0.1, 0.15) is 59.8 Å². The summed E-state index contributed by atoms with van der Waals surface area (Å²) in [5.74, 6) is -2.27. The van der Waals surface area contributed by atoms with E-state index in [1.54, 1.807) is 24.5 Å². The van der Waals surface area contributed by atoms with Gasteiger partial charge in [-0.25, -0.2) is 14.4 Å². The molecule has 0 spiro atoms. The van der Waals surface area contributed by atoms with Gasteiger partial charge in [0.25, 0.3) is 0 Å². The number of rotatable bonds is 11. The van der Waals surface area contributed by atoms with E-state index in [-0.39, 0.29) is 29.9 Å². The second-order valence-electron chi connectivity index (χ2n) is 13.1. The molecule has 48 heavy (non-hydrogen) atoms. The molecule has 2 atom stereocenters. The monoisotopic (exact) mass is 663 g/mol. The zero-order valence-electron chi connectivity index (χ0n) is 27.6. The summed E-state index contributed by atoms with van der Waals surface area (Å²) in [6.07, 6.45) is 3.69. The van der Waals surface area contributed by atoms with Crippen LogP contribution in [0.4, 0.5) is 4.39 Å². The number of carbonyl (C=O) groups is 3. The van der Waals surface area contributed by atoms with Gasteiger partial charge in [0, 0.05) is 46.3 Å². The molecule has 0 bridgehead atoms. The molecule has 2 N–H and O–H groups in total. The van der Waals surface area contributed by atoms with Crippen molar-refractivity contribution in [3.8, 4) is 33.6 Å². The molecule has 5 rings (SSSR count). The summed E-state index contributed by atoms with van der Waals surface area (Å²) >= 11 is 1.42. The fourth-order valence-corrected chi connectivity index (χ4v) is 6.28. The maximum absolute atomic E-state index is 14.4. The fourth-order valence-electron chi connectivity index (χ4n) is 5.26. The summed E-state index contributed by atoms with van der Waals surface area (Å²) in [5.41, 5.74) is 5.43. The highest BCUT2D eigenvalue weighted by atomic mass is 32.1. The number of nitrogens with one attached hydrogen (secondary N) is 1. The second kappa shape index (κ2) is 14.4. The average Bonchev–Trinajstić information content (AvgIpc) is 3.57. The van der Waals surface area contributed by atoms with Crippen LogP contribution in [0.15, 0.2) is 91.3 Å². The maximum Gasteiger partial charge on any atom is 0.325 e. The summed E-state index contributed by atoms with van der Waals surface area (Å²) in [6, 6.07) is 22.9. The lowest BCUT2D eigenvalue weighted by molar-refractivity contribution is -0.141. The van der Waals surface area contributed by atoms with Crippen LogP contribution < -0.4 is 5.32 Å². The molecule has 246 valence electrons. The number of aromatic nitrogens is 2. The Balaban J connectivity index is 1.28. The van der Waals surface area contributed by atoms with Crippen molar-refractivity contribution >= 4 is 29.0 Å². The summed E-state index contributed by atoms with van der Waals surface area (Å²) in [7, 11) is 0. The van der Waals surface area contributed by atoms with Gasteiger partial charge in [0.2, 0.25) is 5.91 Å². The first-order chi connectivity index (χ1) is 22.8. The number of benzene rings is 3. The van der Waals surface area contributed by atoms with Crippen LogP contribution in [0.3, 0.4) is 0 Å². The molecule has 0 saturated heterocycles. The number of aliphatic carboxylic acids is 1. The first-order valence-corrected chi connectivity index (χ1v) is 16.5. The highest BCUT2D eigenvalue weighted by Crippen LogP contribution is 2.31. The van der Waals surface area contributed by atoms with Gasteiger partial charge in [0.15, 0.2) is 11.6 Å². The molecule has 2 aromatic heterocycles. The summed E-state index contributed by atoms with van der Waals surface area (Å²) in [6.45, 7) is 9.49. The lowest BCUT2D eigenvalue weighted by Gasteiger charge is -2.18. The molecule has 0 aliphatic rings. The van der Waals surface area contributed by atoms with Crippen molar-refractivity contribution in [2.45, 2.75) is 58.9 Å².